The minimum Gasteiger partial charge on any atom is -0.489 e. The fraction of sp³-hybridized carbons (Fsp3) is 0.455. The van der Waals surface area contributed by atoms with Crippen LogP contribution in [0, 0.1) is 10.1 Å². The number of nitrogens with zero attached hydrogens (tertiary/aromatic N) is 1. The Bertz CT molecular complexity index is 507. The first-order valence-electron chi connectivity index (χ1n) is 6.19. The molecular weight excluding hydrogens is 208 g/mol. The molecule has 0 heterocycles. The van der Waals surface area contributed by atoms with Gasteiger partial charge in [-0.1, -0.05) is 20.8 Å². The second kappa shape index (κ2) is 4.00. The summed E-state index contributed by atoms with van der Waals surface area (Å²) in [7, 11) is -2.79. The minimum atomic E-state index is -2.79. The third-order valence-corrected chi connectivity index (χ3v) is 2.26. The van der Waals surface area contributed by atoms with E-state index in [0.29, 0.717) is 5.56 Å². The van der Waals surface area contributed by atoms with E-state index in [9.17, 15) is 10.1 Å². The van der Waals surface area contributed by atoms with Gasteiger partial charge in [0.2, 0.25) is 5.75 Å². The number of ether oxygens (including phenoxy) is 1. The molecule has 0 bridgehead atoms. The van der Waals surface area contributed by atoms with Crippen molar-refractivity contribution in [2.75, 3.05) is 12.8 Å². The van der Waals surface area contributed by atoms with Gasteiger partial charge in [0, 0.05) is 6.07 Å². The van der Waals surface area contributed by atoms with Crippen molar-refractivity contribution in [3.63, 3.8) is 0 Å². The van der Waals surface area contributed by atoms with Gasteiger partial charge in [0.1, 0.15) is 0 Å². The number of benzene rings is 1. The van der Waals surface area contributed by atoms with Crippen LogP contribution in [0.2, 0.25) is 0 Å². The number of rotatable bonds is 2. The maximum Gasteiger partial charge on any atom is 0.313 e. The molecule has 5 nitrogen and oxygen atoms in total. The molecule has 16 heavy (non-hydrogen) atoms. The number of hydrogen-bond acceptors (Lipinski definition) is 4. The van der Waals surface area contributed by atoms with Gasteiger partial charge in [-0.3, -0.25) is 10.1 Å². The van der Waals surface area contributed by atoms with E-state index in [1.807, 2.05) is 20.8 Å². The van der Waals surface area contributed by atoms with Crippen LogP contribution in [0.25, 0.3) is 0 Å². The Morgan fingerprint density at radius 2 is 2.12 bits per heavy atom. The largest absolute Gasteiger partial charge is 0.489 e. The Morgan fingerprint density at radius 1 is 1.50 bits per heavy atom. The Hall–Kier alpha value is -1.78. The highest BCUT2D eigenvalue weighted by molar-refractivity contribution is 5.66. The van der Waals surface area contributed by atoms with Crippen molar-refractivity contribution in [3.05, 3.63) is 27.8 Å². The molecule has 0 aliphatic rings. The van der Waals surface area contributed by atoms with Crippen LogP contribution >= 0.6 is 0 Å². The number of nitro benzene ring substituents is 1. The average Bonchev–Trinajstić information content (AvgIpc) is 2.16. The summed E-state index contributed by atoms with van der Waals surface area (Å²) in [4.78, 5) is 10.3. The van der Waals surface area contributed by atoms with Crippen molar-refractivity contribution in [2.24, 2.45) is 0 Å². The lowest BCUT2D eigenvalue weighted by atomic mass is 9.86. The van der Waals surface area contributed by atoms with E-state index in [2.05, 4.69) is 4.74 Å². The second-order valence-electron chi connectivity index (χ2n) is 4.52. The van der Waals surface area contributed by atoms with Crippen LogP contribution in [-0.2, 0) is 5.41 Å². The first kappa shape index (κ1) is 8.38. The predicted octanol–water partition coefficient (Wildman–Crippen LogP) is 2.48. The molecule has 0 atom stereocenters. The molecule has 0 saturated heterocycles. The molecule has 5 heteroatoms. The van der Waals surface area contributed by atoms with Crippen molar-refractivity contribution in [1.29, 1.82) is 0 Å². The number of hydrogen-bond donors (Lipinski definition) is 1. The fourth-order valence-electron chi connectivity index (χ4n) is 1.32. The molecule has 0 unspecified atom stereocenters. The molecule has 2 N–H and O–H groups in total. The average molecular weight is 227 g/mol. The number of nitrogens with two attached hydrogens (primary N) is 1. The fourth-order valence-corrected chi connectivity index (χ4v) is 1.32. The van der Waals surface area contributed by atoms with Gasteiger partial charge in [-0.2, -0.15) is 0 Å². The maximum atomic E-state index is 11.0. The molecule has 1 aromatic rings. The zero-order valence-electron chi connectivity index (χ0n) is 12.4. The van der Waals surface area contributed by atoms with Crippen molar-refractivity contribution in [1.82, 2.24) is 0 Å². The quantitative estimate of drug-likeness (QED) is 0.478. The van der Waals surface area contributed by atoms with Crippen LogP contribution in [-0.4, -0.2) is 12.0 Å². The van der Waals surface area contributed by atoms with Gasteiger partial charge in [-0.15, -0.1) is 0 Å². The van der Waals surface area contributed by atoms with Crippen LogP contribution in [0.5, 0.6) is 5.75 Å². The lowest BCUT2D eigenvalue weighted by Crippen LogP contribution is -2.12. The molecule has 88 valence electrons. The van der Waals surface area contributed by atoms with Gasteiger partial charge in [0.05, 0.1) is 21.8 Å². The summed E-state index contributed by atoms with van der Waals surface area (Å²) in [6.07, 6.45) is 0. The lowest BCUT2D eigenvalue weighted by Gasteiger charge is -2.20. The summed E-state index contributed by atoms with van der Waals surface area (Å²) >= 11 is 0. The predicted molar refractivity (Wildman–Crippen MR) is 62.8 cm³/mol. The first-order chi connectivity index (χ1) is 8.42. The normalized spacial score (nSPS) is 14.8. The summed E-state index contributed by atoms with van der Waals surface area (Å²) in [5, 5.41) is 11.0. The van der Waals surface area contributed by atoms with E-state index < -0.39 is 23.4 Å². The zero-order chi connectivity index (χ0) is 15.0. The summed E-state index contributed by atoms with van der Waals surface area (Å²) in [5.41, 5.74) is 5.47. The Kier molecular flexibility index (Phi) is 2.09. The van der Waals surface area contributed by atoms with Gasteiger partial charge in [0.25, 0.3) is 0 Å². The summed E-state index contributed by atoms with van der Waals surface area (Å²) in [6, 6.07) is 2.78. The van der Waals surface area contributed by atoms with Crippen molar-refractivity contribution >= 4 is 11.4 Å². The number of nitro groups is 1. The molecule has 0 aliphatic heterocycles. The van der Waals surface area contributed by atoms with E-state index in [-0.39, 0.29) is 11.1 Å². The van der Waals surface area contributed by atoms with E-state index in [1.54, 1.807) is 0 Å². The van der Waals surface area contributed by atoms with Crippen LogP contribution in [0.4, 0.5) is 11.4 Å². The van der Waals surface area contributed by atoms with Crippen molar-refractivity contribution in [2.45, 2.75) is 26.2 Å². The molecule has 0 radical (unpaired) electrons. The monoisotopic (exact) mass is 227 g/mol. The van der Waals surface area contributed by atoms with Crippen LogP contribution in [0.3, 0.4) is 0 Å². The standard InChI is InChI=1S/C11H16N2O3/c1-11(2,3)7-5-8(12)10(16-4)9(6-7)13(14)15/h5-6H,12H2,1-4H3/i4D3. The van der Waals surface area contributed by atoms with Crippen LogP contribution in [0.15, 0.2) is 12.1 Å². The number of anilines is 1. The molecule has 0 aliphatic carbocycles. The Morgan fingerprint density at radius 3 is 2.56 bits per heavy atom. The van der Waals surface area contributed by atoms with Gasteiger partial charge in [-0.25, -0.2) is 0 Å². The third kappa shape index (κ3) is 2.24. The molecule has 1 aromatic carbocycles. The van der Waals surface area contributed by atoms with E-state index >= 15 is 0 Å². The highest BCUT2D eigenvalue weighted by Crippen LogP contribution is 2.37. The highest BCUT2D eigenvalue weighted by atomic mass is 16.6. The van der Waals surface area contributed by atoms with Crippen molar-refractivity contribution < 1.29 is 13.8 Å². The summed E-state index contributed by atoms with van der Waals surface area (Å²) < 4.78 is 25.7. The van der Waals surface area contributed by atoms with E-state index in [4.69, 9.17) is 9.85 Å². The lowest BCUT2D eigenvalue weighted by molar-refractivity contribution is -0.385. The van der Waals surface area contributed by atoms with E-state index in [0.717, 1.165) is 0 Å². The van der Waals surface area contributed by atoms with Gasteiger partial charge in [-0.05, 0) is 17.0 Å². The third-order valence-electron chi connectivity index (χ3n) is 2.26. The molecule has 0 fully saturated rings. The van der Waals surface area contributed by atoms with Gasteiger partial charge >= 0.3 is 5.69 Å². The zero-order valence-corrected chi connectivity index (χ0v) is 9.40. The number of methoxy groups -OCH3 is 1. The molecule has 0 aromatic heterocycles. The topological polar surface area (TPSA) is 78.4 Å². The minimum absolute atomic E-state index is 0.0600. The van der Waals surface area contributed by atoms with Gasteiger partial charge < -0.3 is 10.5 Å². The Balaban J connectivity index is 3.44. The van der Waals surface area contributed by atoms with Gasteiger partial charge in [0.15, 0.2) is 0 Å². The van der Waals surface area contributed by atoms with Crippen LogP contribution in [0.1, 0.15) is 30.4 Å². The first-order valence-corrected chi connectivity index (χ1v) is 4.69. The SMILES string of the molecule is [2H]C([2H])([2H])Oc1c(N)cc(C(C)(C)C)cc1[N+](=O)[O-]. The highest BCUT2D eigenvalue weighted by Gasteiger charge is 2.24. The summed E-state index contributed by atoms with van der Waals surface area (Å²) in [5.74, 6) is -0.419. The molecule has 0 amide bonds. The molecule has 0 spiro atoms. The Labute approximate surface area is 98.6 Å². The smallest absolute Gasteiger partial charge is 0.313 e. The number of nitrogen functional groups attached to an aromatic ring is 1. The van der Waals surface area contributed by atoms with E-state index in [1.165, 1.54) is 12.1 Å². The molecule has 1 rings (SSSR count). The maximum absolute atomic E-state index is 11.0. The molecular formula is C11H16N2O3. The second-order valence-corrected chi connectivity index (χ2v) is 4.52. The van der Waals surface area contributed by atoms with Crippen LogP contribution < -0.4 is 10.5 Å². The van der Waals surface area contributed by atoms with Crippen molar-refractivity contribution in [3.8, 4) is 5.75 Å². The molecule has 0 saturated carbocycles. The summed E-state index contributed by atoms with van der Waals surface area (Å²) in [6.45, 7) is 5.61.